The zero-order chi connectivity index (χ0) is 27.5. The molecule has 1 fully saturated rings. The molecule has 2 aliphatic rings. The van der Waals surface area contributed by atoms with Gasteiger partial charge in [-0.3, -0.25) is 4.79 Å². The van der Waals surface area contributed by atoms with Crippen molar-refractivity contribution in [3.05, 3.63) is 89.1 Å². The number of nitrogens with one attached hydrogen (secondary N) is 2. The van der Waals surface area contributed by atoms with Crippen molar-refractivity contribution in [1.29, 1.82) is 0 Å². The lowest BCUT2D eigenvalue weighted by molar-refractivity contribution is 0.0592. The number of amides is 1. The molecular formula is C29H27N3O6S. The minimum Gasteiger partial charge on any atom is -0.497 e. The van der Waals surface area contributed by atoms with Crippen molar-refractivity contribution in [2.75, 3.05) is 32.3 Å². The highest BCUT2D eigenvalue weighted by Crippen LogP contribution is 2.55. The smallest absolute Gasteiger partial charge is 0.354 e. The van der Waals surface area contributed by atoms with Gasteiger partial charge in [0.05, 0.1) is 24.5 Å². The number of methoxy groups -OCH3 is 2. The summed E-state index contributed by atoms with van der Waals surface area (Å²) in [5, 5.41) is 4.36. The maximum absolute atomic E-state index is 13.9. The molecule has 0 saturated carbocycles. The Balaban J connectivity index is 1.54. The number of para-hydroxylation sites is 1. The Morgan fingerprint density at radius 3 is 2.46 bits per heavy atom. The lowest BCUT2D eigenvalue weighted by atomic mass is 9.72. The molecule has 6 rings (SSSR count). The number of fused-ring (bicyclic) bond motifs is 4. The normalized spacial score (nSPS) is 19.9. The average molecular weight is 546 g/mol. The summed E-state index contributed by atoms with van der Waals surface area (Å²) >= 11 is 0. The summed E-state index contributed by atoms with van der Waals surface area (Å²) < 4.78 is 34.6. The maximum atomic E-state index is 13.9. The molecule has 1 aromatic heterocycles. The van der Waals surface area contributed by atoms with Gasteiger partial charge in [0.1, 0.15) is 17.6 Å². The van der Waals surface area contributed by atoms with E-state index in [-0.39, 0.29) is 10.8 Å². The second kappa shape index (κ2) is 8.88. The third-order valence-electron chi connectivity index (χ3n) is 7.86. The molecule has 0 bridgehead atoms. The summed E-state index contributed by atoms with van der Waals surface area (Å²) in [5.41, 5.74) is 3.29. The zero-order valence-corrected chi connectivity index (χ0v) is 22.5. The Hall–Kier alpha value is -4.31. The SMILES string of the molecule is COC(=O)c1[nH]c2ccc(OC)cc2c1[C@]12CCN(C(=O)c3ccc(S(C)(=O)=O)cc3)[C@H]1Nc1ccccc12. The largest absolute Gasteiger partial charge is 0.497 e. The van der Waals surface area contributed by atoms with Gasteiger partial charge in [-0.15, -0.1) is 0 Å². The number of hydrogen-bond acceptors (Lipinski definition) is 7. The molecule has 0 radical (unpaired) electrons. The van der Waals surface area contributed by atoms with Crippen molar-refractivity contribution in [2.24, 2.45) is 0 Å². The number of rotatable bonds is 5. The summed E-state index contributed by atoms with van der Waals surface area (Å²) in [6.07, 6.45) is 1.17. The first-order valence-corrected chi connectivity index (χ1v) is 14.3. The van der Waals surface area contributed by atoms with Crippen LogP contribution in [-0.4, -0.2) is 63.4 Å². The average Bonchev–Trinajstić information content (AvgIpc) is 3.60. The van der Waals surface area contributed by atoms with Crippen LogP contribution >= 0.6 is 0 Å². The first-order valence-electron chi connectivity index (χ1n) is 12.4. The number of carbonyl (C=O) groups is 2. The van der Waals surface area contributed by atoms with Crippen molar-refractivity contribution in [1.82, 2.24) is 9.88 Å². The van der Waals surface area contributed by atoms with Gasteiger partial charge in [0.25, 0.3) is 5.91 Å². The van der Waals surface area contributed by atoms with Gasteiger partial charge in [-0.25, -0.2) is 13.2 Å². The molecule has 4 aromatic rings. The standard InChI is InChI=1S/C29H27N3O6S/c1-37-18-10-13-22-20(16-18)24(25(30-22)27(34)38-2)29-14-15-32(28(29)31-23-7-5-4-6-21(23)29)26(33)17-8-11-19(12-9-17)39(3,35)36/h4-13,16,28,30-31H,14-15H2,1-3H3/t28-,29-/m1/s1. The minimum atomic E-state index is -3.39. The van der Waals surface area contributed by atoms with Gasteiger partial charge in [-0.1, -0.05) is 18.2 Å². The molecule has 1 amide bonds. The zero-order valence-electron chi connectivity index (χ0n) is 21.6. The number of likely N-dealkylation sites (tertiary alicyclic amines) is 1. The van der Waals surface area contributed by atoms with E-state index in [4.69, 9.17) is 9.47 Å². The van der Waals surface area contributed by atoms with Crippen molar-refractivity contribution in [3.63, 3.8) is 0 Å². The van der Waals surface area contributed by atoms with E-state index < -0.39 is 27.4 Å². The van der Waals surface area contributed by atoms with Crippen LogP contribution in [0.2, 0.25) is 0 Å². The van der Waals surface area contributed by atoms with E-state index in [9.17, 15) is 18.0 Å². The molecule has 2 atom stereocenters. The fourth-order valence-electron chi connectivity index (χ4n) is 6.10. The summed E-state index contributed by atoms with van der Waals surface area (Å²) in [4.78, 5) is 32.2. The van der Waals surface area contributed by atoms with E-state index in [0.29, 0.717) is 30.0 Å². The fraction of sp³-hybridized carbons (Fsp3) is 0.241. The van der Waals surface area contributed by atoms with E-state index in [1.165, 1.54) is 31.4 Å². The predicted molar refractivity (Wildman–Crippen MR) is 146 cm³/mol. The van der Waals surface area contributed by atoms with Gasteiger partial charge < -0.3 is 24.7 Å². The van der Waals surface area contributed by atoms with Crippen LogP contribution in [0.4, 0.5) is 5.69 Å². The highest BCUT2D eigenvalue weighted by molar-refractivity contribution is 7.90. The van der Waals surface area contributed by atoms with Crippen molar-refractivity contribution >= 4 is 38.3 Å². The number of hydrogen-bond donors (Lipinski definition) is 2. The lowest BCUT2D eigenvalue weighted by Crippen LogP contribution is -2.47. The first-order chi connectivity index (χ1) is 18.7. The van der Waals surface area contributed by atoms with E-state index in [1.54, 1.807) is 12.0 Å². The Kier molecular flexibility index (Phi) is 5.69. The van der Waals surface area contributed by atoms with Crippen LogP contribution in [0.15, 0.2) is 71.6 Å². The maximum Gasteiger partial charge on any atom is 0.354 e. The monoisotopic (exact) mass is 545 g/mol. The first kappa shape index (κ1) is 25.0. The van der Waals surface area contributed by atoms with Crippen LogP contribution in [0, 0.1) is 0 Å². The number of aromatic amines is 1. The number of carbonyl (C=O) groups excluding carboxylic acids is 2. The molecular weight excluding hydrogens is 518 g/mol. The quantitative estimate of drug-likeness (QED) is 0.365. The lowest BCUT2D eigenvalue weighted by Gasteiger charge is -2.33. The third kappa shape index (κ3) is 3.69. The molecule has 2 aliphatic heterocycles. The number of aromatic nitrogens is 1. The molecule has 0 unspecified atom stereocenters. The Labute approximate surface area is 225 Å². The van der Waals surface area contributed by atoms with Gasteiger partial charge in [-0.05, 0) is 60.5 Å². The molecule has 200 valence electrons. The van der Waals surface area contributed by atoms with Crippen LogP contribution in [-0.2, 0) is 20.0 Å². The van der Waals surface area contributed by atoms with Crippen LogP contribution in [0.1, 0.15) is 38.4 Å². The van der Waals surface area contributed by atoms with Crippen molar-refractivity contribution in [3.8, 4) is 5.75 Å². The Morgan fingerprint density at radius 1 is 1.03 bits per heavy atom. The number of nitrogens with zero attached hydrogens (tertiary/aromatic N) is 1. The highest BCUT2D eigenvalue weighted by Gasteiger charge is 2.58. The molecule has 3 aromatic carbocycles. The van der Waals surface area contributed by atoms with Crippen molar-refractivity contribution in [2.45, 2.75) is 22.9 Å². The van der Waals surface area contributed by atoms with Crippen LogP contribution in [0.3, 0.4) is 0 Å². The van der Waals surface area contributed by atoms with Crippen LogP contribution in [0.5, 0.6) is 5.75 Å². The number of H-pyrrole nitrogens is 1. The predicted octanol–water partition coefficient (Wildman–Crippen LogP) is 3.95. The summed E-state index contributed by atoms with van der Waals surface area (Å²) in [5.74, 6) is -0.0960. The second-order valence-corrected chi connectivity index (χ2v) is 11.9. The minimum absolute atomic E-state index is 0.150. The van der Waals surface area contributed by atoms with Crippen LogP contribution in [0.25, 0.3) is 10.9 Å². The van der Waals surface area contributed by atoms with E-state index in [2.05, 4.69) is 10.3 Å². The number of ether oxygens (including phenoxy) is 2. The topological polar surface area (TPSA) is 118 Å². The number of esters is 1. The molecule has 1 saturated heterocycles. The van der Waals surface area contributed by atoms with Gasteiger partial charge in [0.2, 0.25) is 0 Å². The number of sulfone groups is 1. The molecule has 9 nitrogen and oxygen atoms in total. The van der Waals surface area contributed by atoms with E-state index in [1.807, 2.05) is 42.5 Å². The van der Waals surface area contributed by atoms with Gasteiger partial charge >= 0.3 is 5.97 Å². The molecule has 10 heteroatoms. The van der Waals surface area contributed by atoms with Gasteiger partial charge in [-0.2, -0.15) is 0 Å². The Morgan fingerprint density at radius 2 is 1.77 bits per heavy atom. The molecule has 2 N–H and O–H groups in total. The summed E-state index contributed by atoms with van der Waals surface area (Å²) in [6, 6.07) is 19.4. The third-order valence-corrected chi connectivity index (χ3v) is 8.99. The second-order valence-electron chi connectivity index (χ2n) is 9.89. The van der Waals surface area contributed by atoms with Crippen LogP contribution < -0.4 is 10.1 Å². The van der Waals surface area contributed by atoms with E-state index in [0.717, 1.165) is 34.0 Å². The Bertz CT molecular complexity index is 1740. The fourth-order valence-corrected chi connectivity index (χ4v) is 6.73. The number of anilines is 1. The summed E-state index contributed by atoms with van der Waals surface area (Å²) in [6.45, 7) is 0.413. The van der Waals surface area contributed by atoms with Crippen molar-refractivity contribution < 1.29 is 27.5 Å². The number of benzene rings is 3. The van der Waals surface area contributed by atoms with E-state index >= 15 is 0 Å². The molecule has 3 heterocycles. The van der Waals surface area contributed by atoms with Gasteiger partial charge in [0, 0.05) is 40.5 Å². The molecule has 39 heavy (non-hydrogen) atoms. The molecule has 0 spiro atoms. The highest BCUT2D eigenvalue weighted by atomic mass is 32.2. The summed E-state index contributed by atoms with van der Waals surface area (Å²) in [7, 11) is -0.454. The molecule has 0 aliphatic carbocycles. The van der Waals surface area contributed by atoms with Gasteiger partial charge in [0.15, 0.2) is 9.84 Å².